The lowest BCUT2D eigenvalue weighted by atomic mass is 9.88. The van der Waals surface area contributed by atoms with Crippen molar-refractivity contribution in [1.29, 1.82) is 0 Å². The number of fused-ring (bicyclic) bond motifs is 1. The normalized spacial score (nSPS) is 26.2. The lowest BCUT2D eigenvalue weighted by Gasteiger charge is -2.46. The number of aromatic amines is 1. The standard InChI is InChI=1S/C22H27BrClN3O10/c1-8(26-12-6-25-11-4-3-10(23)16(24)15(11)12)20(33)37-22(21(34)35)5-13(30)17(27-9(2)29)19(36-22)18(32)14(31)7-28/h3-4,6,8,13-14,17-19,25-26,28,30-32H,5,7H2,1-2H3,(H,27,29)(H,34,35)/t8-,13-,14+,17+,18+,19+,22+/m0/s1. The van der Waals surface area contributed by atoms with E-state index in [0.717, 1.165) is 6.92 Å². The number of nitrogens with one attached hydrogen (secondary N) is 3. The van der Waals surface area contributed by atoms with Crippen LogP contribution in [0, 0.1) is 0 Å². The molecule has 0 spiro atoms. The molecule has 1 aromatic heterocycles. The molecule has 0 bridgehead atoms. The number of anilines is 1. The molecule has 2 heterocycles. The molecule has 1 aliphatic heterocycles. The van der Waals surface area contributed by atoms with Crippen molar-refractivity contribution in [3.05, 3.63) is 27.8 Å². The number of amides is 1. The van der Waals surface area contributed by atoms with Gasteiger partial charge in [-0.15, -0.1) is 0 Å². The number of aromatic nitrogens is 1. The quantitative estimate of drug-likeness (QED) is 0.179. The van der Waals surface area contributed by atoms with Gasteiger partial charge in [0.05, 0.1) is 35.9 Å². The molecule has 13 nitrogen and oxygen atoms in total. The van der Waals surface area contributed by atoms with Crippen molar-refractivity contribution in [3.63, 3.8) is 0 Å². The third-order valence-corrected chi connectivity index (χ3v) is 7.20. The molecule has 2 aromatic rings. The maximum absolute atomic E-state index is 13.0. The summed E-state index contributed by atoms with van der Waals surface area (Å²) in [6.45, 7) is 1.57. The van der Waals surface area contributed by atoms with Gasteiger partial charge in [0, 0.05) is 28.5 Å². The highest BCUT2D eigenvalue weighted by atomic mass is 79.9. The number of hydrogen-bond donors (Lipinski definition) is 8. The number of ether oxygens (including phenoxy) is 2. The number of carbonyl (C=O) groups excluding carboxylic acids is 2. The summed E-state index contributed by atoms with van der Waals surface area (Å²) in [4.78, 5) is 39.8. The third-order valence-electron chi connectivity index (χ3n) is 5.91. The number of carboxylic acid groups (broad SMARTS) is 1. The molecule has 37 heavy (non-hydrogen) atoms. The fourth-order valence-electron chi connectivity index (χ4n) is 4.04. The lowest BCUT2D eigenvalue weighted by Crippen LogP contribution is -2.68. The van der Waals surface area contributed by atoms with Gasteiger partial charge >= 0.3 is 17.7 Å². The van der Waals surface area contributed by atoms with E-state index < -0.39 is 73.2 Å². The van der Waals surface area contributed by atoms with E-state index in [1.165, 1.54) is 6.92 Å². The number of carbonyl (C=O) groups is 3. The first-order chi connectivity index (χ1) is 17.3. The molecular formula is C22H27BrClN3O10. The van der Waals surface area contributed by atoms with Crippen molar-refractivity contribution in [1.82, 2.24) is 10.3 Å². The Hall–Kier alpha value is -2.46. The van der Waals surface area contributed by atoms with Crippen molar-refractivity contribution in [2.75, 3.05) is 11.9 Å². The first-order valence-electron chi connectivity index (χ1n) is 11.1. The molecule has 1 fully saturated rings. The zero-order chi connectivity index (χ0) is 27.7. The Bertz CT molecular complexity index is 1180. The van der Waals surface area contributed by atoms with Crippen LogP contribution in [-0.2, 0) is 23.9 Å². The average Bonchev–Trinajstić information content (AvgIpc) is 3.24. The van der Waals surface area contributed by atoms with Crippen LogP contribution < -0.4 is 10.6 Å². The first kappa shape index (κ1) is 29.1. The molecule has 1 aromatic carbocycles. The largest absolute Gasteiger partial charge is 0.476 e. The van der Waals surface area contributed by atoms with Gasteiger partial charge in [-0.2, -0.15) is 0 Å². The van der Waals surface area contributed by atoms with E-state index in [4.69, 9.17) is 21.1 Å². The van der Waals surface area contributed by atoms with Crippen molar-refractivity contribution >= 4 is 62.0 Å². The summed E-state index contributed by atoms with van der Waals surface area (Å²) in [6.07, 6.45) is -6.49. The Morgan fingerprint density at radius 1 is 1.35 bits per heavy atom. The van der Waals surface area contributed by atoms with Gasteiger partial charge in [0.1, 0.15) is 24.4 Å². The summed E-state index contributed by atoms with van der Waals surface area (Å²) in [5.41, 5.74) is 1.09. The molecular weight excluding hydrogens is 582 g/mol. The molecule has 15 heteroatoms. The van der Waals surface area contributed by atoms with Gasteiger partial charge in [0.2, 0.25) is 5.91 Å². The van der Waals surface area contributed by atoms with E-state index >= 15 is 0 Å². The number of H-pyrrole nitrogens is 1. The van der Waals surface area contributed by atoms with Crippen molar-refractivity contribution in [3.8, 4) is 0 Å². The monoisotopic (exact) mass is 607 g/mol. The Kier molecular flexibility index (Phi) is 9.06. The number of halogens is 2. The molecule has 1 amide bonds. The highest BCUT2D eigenvalue weighted by Crippen LogP contribution is 2.37. The van der Waals surface area contributed by atoms with E-state index in [-0.39, 0.29) is 0 Å². The van der Waals surface area contributed by atoms with E-state index in [0.29, 0.717) is 26.1 Å². The summed E-state index contributed by atoms with van der Waals surface area (Å²) in [5.74, 6) is -6.33. The molecule has 7 atom stereocenters. The second-order valence-corrected chi connectivity index (χ2v) is 9.88. The minimum atomic E-state index is -2.79. The smallest absolute Gasteiger partial charge is 0.377 e. The second kappa shape index (κ2) is 11.5. The first-order valence-corrected chi connectivity index (χ1v) is 12.3. The number of carboxylic acids is 1. The van der Waals surface area contributed by atoms with Crippen LogP contribution in [0.2, 0.25) is 5.02 Å². The molecule has 0 unspecified atom stereocenters. The number of aliphatic hydroxyl groups excluding tert-OH is 4. The van der Waals surface area contributed by atoms with E-state index in [1.54, 1.807) is 18.3 Å². The zero-order valence-electron chi connectivity index (χ0n) is 19.6. The highest BCUT2D eigenvalue weighted by Gasteiger charge is 2.57. The van der Waals surface area contributed by atoms with Gasteiger partial charge in [0.25, 0.3) is 0 Å². The number of esters is 1. The minimum absolute atomic E-state index is 0.367. The molecule has 8 N–H and O–H groups in total. The summed E-state index contributed by atoms with van der Waals surface area (Å²) in [7, 11) is 0. The average molecular weight is 609 g/mol. The fourth-order valence-corrected chi connectivity index (χ4v) is 4.64. The van der Waals surface area contributed by atoms with Crippen LogP contribution in [0.4, 0.5) is 5.69 Å². The number of benzene rings is 1. The maximum Gasteiger partial charge on any atom is 0.377 e. The van der Waals surface area contributed by atoms with Crippen LogP contribution >= 0.6 is 27.5 Å². The van der Waals surface area contributed by atoms with Crippen LogP contribution in [-0.4, -0.2) is 97.3 Å². The fraction of sp³-hybridized carbons (Fsp3) is 0.500. The minimum Gasteiger partial charge on any atom is -0.476 e. The Morgan fingerprint density at radius 3 is 2.62 bits per heavy atom. The van der Waals surface area contributed by atoms with Crippen molar-refractivity contribution in [2.24, 2.45) is 0 Å². The van der Waals surface area contributed by atoms with Gasteiger partial charge in [-0.3, -0.25) is 4.79 Å². The molecule has 0 radical (unpaired) electrons. The molecule has 3 rings (SSSR count). The van der Waals surface area contributed by atoms with Crippen LogP contribution in [0.3, 0.4) is 0 Å². The molecule has 204 valence electrons. The maximum atomic E-state index is 13.0. The topological polar surface area (TPSA) is 211 Å². The van der Waals surface area contributed by atoms with Gasteiger partial charge in [-0.25, -0.2) is 9.59 Å². The molecule has 0 aliphatic carbocycles. The highest BCUT2D eigenvalue weighted by molar-refractivity contribution is 9.10. The predicted molar refractivity (Wildman–Crippen MR) is 133 cm³/mol. The number of aliphatic carboxylic acids is 1. The summed E-state index contributed by atoms with van der Waals surface area (Å²) >= 11 is 9.69. The lowest BCUT2D eigenvalue weighted by molar-refractivity contribution is -0.301. The van der Waals surface area contributed by atoms with Gasteiger partial charge in [-0.05, 0) is 35.0 Å². The number of aliphatic hydroxyl groups is 4. The SMILES string of the molecule is CC(=O)N[C@H]1[C@H]([C@H](O)[C@H](O)CO)O[C@](OC(=O)[C@H](C)Nc2c[nH]c3ccc(Br)c(Cl)c23)(C(=O)O)C[C@@H]1O. The number of hydrogen-bond acceptors (Lipinski definition) is 10. The van der Waals surface area contributed by atoms with Crippen molar-refractivity contribution in [2.45, 2.75) is 62.6 Å². The third kappa shape index (κ3) is 6.00. The molecule has 1 aliphatic rings. The molecule has 0 saturated carbocycles. The van der Waals surface area contributed by atoms with Crippen LogP contribution in [0.25, 0.3) is 10.9 Å². The van der Waals surface area contributed by atoms with Crippen LogP contribution in [0.5, 0.6) is 0 Å². The van der Waals surface area contributed by atoms with Gasteiger partial charge < -0.3 is 50.6 Å². The predicted octanol–water partition coefficient (Wildman–Crippen LogP) is 0.0769. The summed E-state index contributed by atoms with van der Waals surface area (Å²) in [5, 5.41) is 56.3. The van der Waals surface area contributed by atoms with Crippen molar-refractivity contribution < 1.29 is 49.4 Å². The zero-order valence-corrected chi connectivity index (χ0v) is 22.0. The van der Waals surface area contributed by atoms with E-state index in [2.05, 4.69) is 31.5 Å². The second-order valence-electron chi connectivity index (χ2n) is 8.65. The van der Waals surface area contributed by atoms with E-state index in [9.17, 15) is 39.9 Å². The van der Waals surface area contributed by atoms with Gasteiger partial charge in [0.15, 0.2) is 0 Å². The molecule has 1 saturated heterocycles. The Labute approximate surface area is 223 Å². The van der Waals surface area contributed by atoms with Crippen LogP contribution in [0.1, 0.15) is 20.3 Å². The van der Waals surface area contributed by atoms with Crippen LogP contribution in [0.15, 0.2) is 22.8 Å². The summed E-state index contributed by atoms with van der Waals surface area (Å²) in [6, 6.07) is 0.957. The summed E-state index contributed by atoms with van der Waals surface area (Å²) < 4.78 is 11.3. The van der Waals surface area contributed by atoms with E-state index in [1.807, 2.05) is 0 Å². The van der Waals surface area contributed by atoms with Gasteiger partial charge in [-0.1, -0.05) is 11.6 Å². The Morgan fingerprint density at radius 2 is 2.03 bits per heavy atom. The number of rotatable bonds is 9. The Balaban J connectivity index is 1.87.